The Morgan fingerprint density at radius 2 is 1.60 bits per heavy atom. The van der Waals surface area contributed by atoms with Gasteiger partial charge in [0.25, 0.3) is 0 Å². The van der Waals surface area contributed by atoms with Crippen molar-refractivity contribution < 1.29 is 23.9 Å². The van der Waals surface area contributed by atoms with Crippen LogP contribution in [-0.2, 0) is 25.5 Å². The summed E-state index contributed by atoms with van der Waals surface area (Å²) in [6.07, 6.45) is 6.40. The molecule has 0 bridgehead atoms. The van der Waals surface area contributed by atoms with E-state index in [1.54, 1.807) is 24.3 Å². The fourth-order valence-corrected chi connectivity index (χ4v) is 6.36. The smallest absolute Gasteiger partial charge is 0.407 e. The van der Waals surface area contributed by atoms with E-state index >= 15 is 0 Å². The molecule has 0 spiro atoms. The number of nitrogens with one attached hydrogen (secondary N) is 4. The van der Waals surface area contributed by atoms with Crippen LogP contribution in [-0.4, -0.2) is 93.0 Å². The fourth-order valence-electron chi connectivity index (χ4n) is 6.36. The minimum absolute atomic E-state index is 0.152. The molecule has 1 saturated heterocycles. The van der Waals surface area contributed by atoms with Gasteiger partial charge in [0.1, 0.15) is 11.6 Å². The van der Waals surface area contributed by atoms with E-state index in [-0.39, 0.29) is 23.7 Å². The number of morpholine rings is 1. The summed E-state index contributed by atoms with van der Waals surface area (Å²) in [7, 11) is 0. The maximum Gasteiger partial charge on any atom is 0.407 e. The molecule has 15 nitrogen and oxygen atoms in total. The average Bonchev–Trinajstić information content (AvgIpc) is 3.70. The summed E-state index contributed by atoms with van der Waals surface area (Å²) < 4.78 is 10.8. The molecule has 0 unspecified atom stereocenters. The summed E-state index contributed by atoms with van der Waals surface area (Å²) >= 11 is 0. The Morgan fingerprint density at radius 1 is 0.923 bits per heavy atom. The molecule has 0 radical (unpaired) electrons. The van der Waals surface area contributed by atoms with Crippen LogP contribution in [0.2, 0.25) is 0 Å². The number of alkyl carbamates (subject to hydrolysis) is 1. The Bertz CT molecular complexity index is 1760. The lowest BCUT2D eigenvalue weighted by atomic mass is 9.81. The number of H-pyrrole nitrogens is 1. The topological polar surface area (TPSA) is 189 Å². The minimum atomic E-state index is -0.820. The lowest BCUT2D eigenvalue weighted by Gasteiger charge is -2.29. The third kappa shape index (κ3) is 10.1. The van der Waals surface area contributed by atoms with Gasteiger partial charge in [0.2, 0.25) is 17.8 Å². The van der Waals surface area contributed by atoms with Crippen molar-refractivity contribution in [1.29, 1.82) is 0 Å². The van der Waals surface area contributed by atoms with E-state index in [9.17, 15) is 14.4 Å². The van der Waals surface area contributed by atoms with Gasteiger partial charge in [-0.3, -0.25) is 9.59 Å². The second-order valence-corrected chi connectivity index (χ2v) is 14.3. The molecule has 2 fully saturated rings. The number of anilines is 2. The van der Waals surface area contributed by atoms with Gasteiger partial charge in [-0.15, -0.1) is 5.10 Å². The number of aromatic nitrogens is 6. The zero-order chi connectivity index (χ0) is 36.5. The summed E-state index contributed by atoms with van der Waals surface area (Å²) in [6, 6.07) is 14.2. The Kier molecular flexibility index (Phi) is 11.7. The number of hydrogen-bond donors (Lipinski definition) is 4. The molecule has 4 N–H and O–H groups in total. The van der Waals surface area contributed by atoms with Gasteiger partial charge in [-0.05, 0) is 98.2 Å². The second kappa shape index (κ2) is 16.7. The Morgan fingerprint density at radius 3 is 2.23 bits per heavy atom. The molecule has 1 atom stereocenters. The van der Waals surface area contributed by atoms with E-state index in [0.717, 1.165) is 48.2 Å². The molecule has 1 aliphatic heterocycles. The average molecular weight is 711 g/mol. The maximum atomic E-state index is 13.8. The highest BCUT2D eigenvalue weighted by Crippen LogP contribution is 2.29. The van der Waals surface area contributed by atoms with Crippen molar-refractivity contribution in [2.75, 3.05) is 43.1 Å². The largest absolute Gasteiger partial charge is 0.444 e. The van der Waals surface area contributed by atoms with Gasteiger partial charge < -0.3 is 30.3 Å². The van der Waals surface area contributed by atoms with E-state index in [2.05, 4.69) is 51.4 Å². The zero-order valence-corrected chi connectivity index (χ0v) is 29.8. The van der Waals surface area contributed by atoms with Crippen molar-refractivity contribution in [1.82, 2.24) is 41.2 Å². The molecule has 52 heavy (non-hydrogen) atoms. The fraction of sp³-hybridized carbons (Fsp3) is 0.459. The number of ether oxygens (including phenoxy) is 2. The van der Waals surface area contributed by atoms with E-state index in [0.29, 0.717) is 56.5 Å². The van der Waals surface area contributed by atoms with Crippen LogP contribution in [0.15, 0.2) is 60.9 Å². The first kappa shape index (κ1) is 36.4. The van der Waals surface area contributed by atoms with E-state index in [4.69, 9.17) is 9.47 Å². The maximum absolute atomic E-state index is 13.8. The molecular formula is C37H46N10O5. The zero-order valence-electron chi connectivity index (χ0n) is 29.8. The molecule has 4 aromatic rings. The second-order valence-electron chi connectivity index (χ2n) is 14.3. The Labute approximate surface area is 302 Å². The summed E-state index contributed by atoms with van der Waals surface area (Å²) in [5, 5.41) is 22.7. The van der Waals surface area contributed by atoms with Crippen LogP contribution in [0.5, 0.6) is 0 Å². The van der Waals surface area contributed by atoms with E-state index in [1.807, 2.05) is 57.4 Å². The number of hydrogen-bond acceptors (Lipinski definition) is 11. The van der Waals surface area contributed by atoms with Crippen molar-refractivity contribution in [3.8, 4) is 22.5 Å². The molecule has 1 saturated carbocycles. The quantitative estimate of drug-likeness (QED) is 0.175. The predicted octanol–water partition coefficient (Wildman–Crippen LogP) is 4.16. The highest BCUT2D eigenvalue weighted by molar-refractivity contribution is 5.97. The highest BCUT2D eigenvalue weighted by Gasteiger charge is 2.30. The van der Waals surface area contributed by atoms with Gasteiger partial charge >= 0.3 is 6.09 Å². The van der Waals surface area contributed by atoms with Crippen molar-refractivity contribution >= 4 is 29.5 Å². The minimum Gasteiger partial charge on any atom is -0.444 e. The molecule has 3 amide bonds. The summed E-state index contributed by atoms with van der Waals surface area (Å²) in [5.74, 6) is 0.747. The first-order valence-electron chi connectivity index (χ1n) is 17.8. The molecule has 3 heterocycles. The van der Waals surface area contributed by atoms with Crippen LogP contribution >= 0.6 is 0 Å². The number of carbonyl (C=O) groups excluding carboxylic acids is 3. The van der Waals surface area contributed by atoms with E-state index in [1.165, 1.54) is 0 Å². The van der Waals surface area contributed by atoms with Crippen molar-refractivity contribution in [3.63, 3.8) is 0 Å². The summed E-state index contributed by atoms with van der Waals surface area (Å²) in [6.45, 7) is 8.84. The third-order valence-electron chi connectivity index (χ3n) is 9.21. The normalized spacial score (nSPS) is 18.2. The summed E-state index contributed by atoms with van der Waals surface area (Å²) in [5.41, 5.74) is 3.50. The molecule has 2 aromatic carbocycles. The van der Waals surface area contributed by atoms with Crippen molar-refractivity contribution in [2.45, 2.75) is 64.5 Å². The Hall–Kier alpha value is -5.44. The van der Waals surface area contributed by atoms with Gasteiger partial charge in [0.05, 0.1) is 13.2 Å². The van der Waals surface area contributed by atoms with Gasteiger partial charge in [-0.2, -0.15) is 0 Å². The van der Waals surface area contributed by atoms with Crippen LogP contribution in [0.25, 0.3) is 22.5 Å². The first-order valence-corrected chi connectivity index (χ1v) is 17.8. The molecule has 2 aliphatic rings. The highest BCUT2D eigenvalue weighted by atomic mass is 16.6. The van der Waals surface area contributed by atoms with Crippen LogP contribution in [0, 0.1) is 11.8 Å². The van der Waals surface area contributed by atoms with Crippen molar-refractivity contribution in [2.24, 2.45) is 11.8 Å². The van der Waals surface area contributed by atoms with Crippen LogP contribution < -0.4 is 20.9 Å². The lowest BCUT2D eigenvalue weighted by Crippen LogP contribution is -2.48. The standard InChI is InChI=1S/C37H46N10O5/c1-37(2,3)52-36(50)40-21-25-6-10-28(11-7-25)33(48)42-31(34(49)41-30-14-12-27(13-15-30)32-43-45-46-44-32)20-24-4-8-26(9-5-24)29-22-38-35(39-23-29)47-16-18-51-19-17-47/h4-5,8-9,12-15,22-23,25,28,31H,6-7,10-11,16-21H2,1-3H3,(H,40,50)(H,41,49)(H,42,48)(H,43,44,45,46)/t25?,28?,31-/m0/s1. The van der Waals surface area contributed by atoms with Crippen LogP contribution in [0.4, 0.5) is 16.4 Å². The number of amides is 3. The number of benzene rings is 2. The van der Waals surface area contributed by atoms with Gasteiger partial charge in [0.15, 0.2) is 5.82 Å². The number of nitrogens with zero attached hydrogens (tertiary/aromatic N) is 6. The van der Waals surface area contributed by atoms with Crippen molar-refractivity contribution in [3.05, 3.63) is 66.5 Å². The Balaban J connectivity index is 1.09. The van der Waals surface area contributed by atoms with E-state index < -0.39 is 17.7 Å². The molecule has 6 rings (SSSR count). The molecule has 274 valence electrons. The predicted molar refractivity (Wildman–Crippen MR) is 194 cm³/mol. The van der Waals surface area contributed by atoms with Crippen LogP contribution in [0.1, 0.15) is 52.0 Å². The number of aromatic amines is 1. The molecular weight excluding hydrogens is 664 g/mol. The van der Waals surface area contributed by atoms with Gasteiger partial charge in [0, 0.05) is 61.2 Å². The number of rotatable bonds is 11. The SMILES string of the molecule is CC(C)(C)OC(=O)NCC1CCC(C(=O)N[C@@H](Cc2ccc(-c3cnc(N4CCOCC4)nc3)cc2)C(=O)Nc2ccc(-c3nnn[nH]3)cc2)CC1. The van der Waals surface area contributed by atoms with Gasteiger partial charge in [-0.1, -0.05) is 24.3 Å². The molecule has 2 aromatic heterocycles. The number of carbonyl (C=O) groups is 3. The summed E-state index contributed by atoms with van der Waals surface area (Å²) in [4.78, 5) is 50.7. The first-order chi connectivity index (χ1) is 25.1. The third-order valence-corrected chi connectivity index (χ3v) is 9.21. The number of tetrazole rings is 1. The van der Waals surface area contributed by atoms with Crippen LogP contribution in [0.3, 0.4) is 0 Å². The molecule has 1 aliphatic carbocycles. The lowest BCUT2D eigenvalue weighted by molar-refractivity contribution is -0.130. The molecule has 15 heteroatoms. The van der Waals surface area contributed by atoms with Gasteiger partial charge in [-0.25, -0.2) is 19.9 Å². The monoisotopic (exact) mass is 710 g/mol.